The van der Waals surface area contributed by atoms with Crippen molar-refractivity contribution in [1.82, 2.24) is 9.55 Å². The first-order valence-electron chi connectivity index (χ1n) is 4.52. The zero-order valence-corrected chi connectivity index (χ0v) is 9.55. The molecule has 1 aromatic rings. The number of aromatic nitrogens is 2. The van der Waals surface area contributed by atoms with E-state index in [2.05, 4.69) is 23.4 Å². The first-order valence-corrected chi connectivity index (χ1v) is 5.91. The Morgan fingerprint density at radius 3 is 2.25 bits per heavy atom. The molecule has 1 atom stereocenters. The van der Waals surface area contributed by atoms with E-state index in [-0.39, 0.29) is 29.6 Å². The summed E-state index contributed by atoms with van der Waals surface area (Å²) in [6.45, 7) is 4.42. The monoisotopic (exact) mass is 260 g/mol. The molecule has 0 aliphatic heterocycles. The molecule has 1 unspecified atom stereocenters. The van der Waals surface area contributed by atoms with E-state index in [9.17, 15) is 0 Å². The molecular formula is C8H17N2NaO4S. The van der Waals surface area contributed by atoms with E-state index < -0.39 is 10.4 Å². The first-order chi connectivity index (χ1) is 6.84. The van der Waals surface area contributed by atoms with Crippen LogP contribution in [0.2, 0.25) is 0 Å². The van der Waals surface area contributed by atoms with Crippen LogP contribution in [0.15, 0.2) is 18.7 Å². The van der Waals surface area contributed by atoms with Crippen LogP contribution >= 0.6 is 0 Å². The summed E-state index contributed by atoms with van der Waals surface area (Å²) in [5.74, 6) is 0. The maximum absolute atomic E-state index is 8.74. The van der Waals surface area contributed by atoms with Crippen molar-refractivity contribution in [3.63, 3.8) is 0 Å². The fourth-order valence-corrected chi connectivity index (χ4v) is 1.10. The molecule has 1 rings (SSSR count). The summed E-state index contributed by atoms with van der Waals surface area (Å²) in [5.41, 5.74) is 0. The van der Waals surface area contributed by atoms with Crippen LogP contribution in [-0.4, -0.2) is 56.6 Å². The van der Waals surface area contributed by atoms with Crippen LogP contribution in [0.1, 0.15) is 32.7 Å². The number of hydrogen-bond acceptors (Lipinski definition) is 3. The van der Waals surface area contributed by atoms with E-state index >= 15 is 0 Å². The molecule has 6 nitrogen and oxygen atoms in total. The van der Waals surface area contributed by atoms with Crippen molar-refractivity contribution in [1.29, 1.82) is 0 Å². The van der Waals surface area contributed by atoms with E-state index in [0.29, 0.717) is 6.04 Å². The second-order valence-corrected chi connectivity index (χ2v) is 3.99. The molecule has 0 aromatic carbocycles. The van der Waals surface area contributed by atoms with E-state index in [1.54, 1.807) is 0 Å². The molecule has 0 radical (unpaired) electrons. The number of imidazole rings is 1. The summed E-state index contributed by atoms with van der Waals surface area (Å²) in [7, 11) is -4.67. The summed E-state index contributed by atoms with van der Waals surface area (Å²) in [4.78, 5) is 3.99. The summed E-state index contributed by atoms with van der Waals surface area (Å²) < 4.78 is 33.7. The molecule has 16 heavy (non-hydrogen) atoms. The Kier molecular flexibility index (Phi) is 10.5. The van der Waals surface area contributed by atoms with Crippen molar-refractivity contribution < 1.29 is 17.5 Å². The number of rotatable bonds is 3. The summed E-state index contributed by atoms with van der Waals surface area (Å²) >= 11 is 0. The predicted molar refractivity (Wildman–Crippen MR) is 63.2 cm³/mol. The van der Waals surface area contributed by atoms with Crippen LogP contribution < -0.4 is 0 Å². The number of hydrogen-bond donors (Lipinski definition) is 2. The average molecular weight is 260 g/mol. The summed E-state index contributed by atoms with van der Waals surface area (Å²) in [6, 6.07) is 0.604. The Morgan fingerprint density at radius 2 is 1.94 bits per heavy atom. The van der Waals surface area contributed by atoms with Crippen molar-refractivity contribution in [2.45, 2.75) is 32.7 Å². The Labute approximate surface area is 118 Å². The third-order valence-corrected chi connectivity index (χ3v) is 1.74. The molecule has 0 spiro atoms. The van der Waals surface area contributed by atoms with Crippen LogP contribution in [0.4, 0.5) is 0 Å². The molecule has 0 saturated carbocycles. The third kappa shape index (κ3) is 12.2. The van der Waals surface area contributed by atoms with Crippen molar-refractivity contribution in [2.24, 2.45) is 0 Å². The van der Waals surface area contributed by atoms with Gasteiger partial charge < -0.3 is 4.57 Å². The molecule has 0 aliphatic rings. The van der Waals surface area contributed by atoms with Gasteiger partial charge >= 0.3 is 40.0 Å². The van der Waals surface area contributed by atoms with Crippen molar-refractivity contribution in [3.05, 3.63) is 18.7 Å². The van der Waals surface area contributed by atoms with Crippen LogP contribution in [0.5, 0.6) is 0 Å². The Balaban J connectivity index is 0. The predicted octanol–water partition coefficient (Wildman–Crippen LogP) is 0.943. The van der Waals surface area contributed by atoms with Gasteiger partial charge in [-0.1, -0.05) is 13.3 Å². The minimum atomic E-state index is -4.67. The van der Waals surface area contributed by atoms with E-state index in [1.807, 2.05) is 18.7 Å². The van der Waals surface area contributed by atoms with E-state index in [4.69, 9.17) is 17.5 Å². The second-order valence-electron chi connectivity index (χ2n) is 3.10. The summed E-state index contributed by atoms with van der Waals surface area (Å²) in [6.07, 6.45) is 8.18. The van der Waals surface area contributed by atoms with Crippen LogP contribution in [-0.2, 0) is 10.4 Å². The van der Waals surface area contributed by atoms with Crippen molar-refractivity contribution in [3.8, 4) is 0 Å². The average Bonchev–Trinajstić information content (AvgIpc) is 2.52. The van der Waals surface area contributed by atoms with Gasteiger partial charge in [0.25, 0.3) is 0 Å². The molecule has 0 bridgehead atoms. The van der Waals surface area contributed by atoms with Gasteiger partial charge in [-0.15, -0.1) is 0 Å². The van der Waals surface area contributed by atoms with Crippen LogP contribution in [0, 0.1) is 0 Å². The number of nitrogens with zero attached hydrogens (tertiary/aromatic N) is 2. The van der Waals surface area contributed by atoms with Gasteiger partial charge in [-0.3, -0.25) is 9.11 Å². The van der Waals surface area contributed by atoms with Gasteiger partial charge in [-0.2, -0.15) is 8.42 Å². The standard InChI is InChI=1S/C8H14N2.Na.H2O4S.H/c1-3-4-8(2)10-6-5-9-7-10;;1-5(2,3)4;/h5-8H,3-4H2,1-2H3;;(H2,1,2,3,4);. The molecule has 0 saturated heterocycles. The van der Waals surface area contributed by atoms with Gasteiger partial charge in [0.15, 0.2) is 0 Å². The Bertz CT molecular complexity index is 344. The quantitative estimate of drug-likeness (QED) is 0.623. The summed E-state index contributed by atoms with van der Waals surface area (Å²) in [5, 5.41) is 0. The SMILES string of the molecule is CCCC(C)n1ccnc1.O=S(=O)(O)O.[NaH]. The zero-order chi connectivity index (χ0) is 11.9. The second kappa shape index (κ2) is 9.15. The van der Waals surface area contributed by atoms with Gasteiger partial charge in [0.2, 0.25) is 0 Å². The topological polar surface area (TPSA) is 92.4 Å². The van der Waals surface area contributed by atoms with Gasteiger partial charge in [-0.05, 0) is 13.3 Å². The molecular weight excluding hydrogens is 243 g/mol. The fourth-order valence-electron chi connectivity index (χ4n) is 1.10. The fraction of sp³-hybridized carbons (Fsp3) is 0.625. The van der Waals surface area contributed by atoms with Crippen molar-refractivity contribution >= 4 is 40.0 Å². The van der Waals surface area contributed by atoms with Gasteiger partial charge in [0, 0.05) is 18.4 Å². The molecule has 1 heterocycles. The van der Waals surface area contributed by atoms with Crippen LogP contribution in [0.25, 0.3) is 0 Å². The van der Waals surface area contributed by atoms with Gasteiger partial charge in [0.05, 0.1) is 6.33 Å². The van der Waals surface area contributed by atoms with Gasteiger partial charge in [0.1, 0.15) is 0 Å². The third-order valence-electron chi connectivity index (χ3n) is 1.74. The Morgan fingerprint density at radius 1 is 1.44 bits per heavy atom. The molecule has 0 fully saturated rings. The molecule has 90 valence electrons. The molecule has 0 aliphatic carbocycles. The van der Waals surface area contributed by atoms with E-state index in [1.165, 1.54) is 12.8 Å². The Hall–Kier alpha value is 0.0800. The van der Waals surface area contributed by atoms with E-state index in [0.717, 1.165) is 0 Å². The maximum atomic E-state index is 8.74. The minimum absolute atomic E-state index is 0. The normalized spacial score (nSPS) is 12.0. The molecule has 1 aromatic heterocycles. The van der Waals surface area contributed by atoms with Gasteiger partial charge in [-0.25, -0.2) is 4.98 Å². The molecule has 2 N–H and O–H groups in total. The van der Waals surface area contributed by atoms with Crippen LogP contribution in [0.3, 0.4) is 0 Å². The molecule has 0 amide bonds. The first kappa shape index (κ1) is 18.4. The zero-order valence-electron chi connectivity index (χ0n) is 8.74. The molecule has 8 heteroatoms. The van der Waals surface area contributed by atoms with Crippen molar-refractivity contribution in [2.75, 3.05) is 0 Å².